The van der Waals surface area contributed by atoms with Crippen LogP contribution in [0.4, 0.5) is 19.0 Å². The monoisotopic (exact) mass is 366 g/mol. The predicted octanol–water partition coefficient (Wildman–Crippen LogP) is 3.45. The topological polar surface area (TPSA) is 50.3 Å². The first-order chi connectivity index (χ1) is 12.5. The number of anilines is 1. The third kappa shape index (κ3) is 5.32. The molecule has 26 heavy (non-hydrogen) atoms. The quantitative estimate of drug-likeness (QED) is 0.849. The number of likely N-dealkylation sites (tertiary alicyclic amines) is 1. The molecule has 8 heteroatoms. The summed E-state index contributed by atoms with van der Waals surface area (Å²) < 4.78 is 44.0. The summed E-state index contributed by atoms with van der Waals surface area (Å²) >= 11 is 0. The number of hydrogen-bond acceptors (Lipinski definition) is 5. The molecule has 5 nitrogen and oxygen atoms in total. The molecule has 2 heterocycles. The molecule has 1 saturated heterocycles. The number of nitrogens with zero attached hydrogens (tertiary/aromatic N) is 3. The van der Waals surface area contributed by atoms with Crippen molar-refractivity contribution in [1.29, 1.82) is 0 Å². The van der Waals surface area contributed by atoms with Crippen LogP contribution in [0.5, 0.6) is 5.75 Å². The van der Waals surface area contributed by atoms with E-state index in [9.17, 15) is 13.2 Å². The van der Waals surface area contributed by atoms with Crippen molar-refractivity contribution in [2.75, 3.05) is 31.6 Å². The van der Waals surface area contributed by atoms with Crippen molar-refractivity contribution >= 4 is 5.82 Å². The second-order valence-electron chi connectivity index (χ2n) is 6.23. The molecular weight excluding hydrogens is 345 g/mol. The zero-order valence-electron chi connectivity index (χ0n) is 14.2. The van der Waals surface area contributed by atoms with Gasteiger partial charge in [0, 0.05) is 25.2 Å². The van der Waals surface area contributed by atoms with Crippen LogP contribution in [0.2, 0.25) is 0 Å². The minimum absolute atomic E-state index is 0.0523. The van der Waals surface area contributed by atoms with E-state index in [4.69, 9.17) is 4.74 Å². The van der Waals surface area contributed by atoms with E-state index in [1.165, 1.54) is 0 Å². The highest BCUT2D eigenvalue weighted by Crippen LogP contribution is 2.28. The number of piperidine rings is 1. The summed E-state index contributed by atoms with van der Waals surface area (Å²) in [7, 11) is 0. The molecule has 1 N–H and O–H groups in total. The van der Waals surface area contributed by atoms with Gasteiger partial charge in [0.1, 0.15) is 30.2 Å². The molecule has 1 aromatic carbocycles. The van der Waals surface area contributed by atoms with Crippen LogP contribution in [0.15, 0.2) is 42.7 Å². The van der Waals surface area contributed by atoms with Gasteiger partial charge in [-0.25, -0.2) is 9.97 Å². The van der Waals surface area contributed by atoms with E-state index >= 15 is 0 Å². The molecule has 1 aromatic heterocycles. The van der Waals surface area contributed by atoms with Crippen molar-refractivity contribution < 1.29 is 17.9 Å². The zero-order chi connectivity index (χ0) is 18.4. The third-order valence-electron chi connectivity index (χ3n) is 4.23. The van der Waals surface area contributed by atoms with Gasteiger partial charge in [0.15, 0.2) is 0 Å². The highest BCUT2D eigenvalue weighted by atomic mass is 19.4. The number of rotatable bonds is 6. The van der Waals surface area contributed by atoms with Crippen LogP contribution < -0.4 is 10.1 Å². The van der Waals surface area contributed by atoms with Crippen LogP contribution in [0.3, 0.4) is 0 Å². The Labute approximate surface area is 150 Å². The van der Waals surface area contributed by atoms with Crippen molar-refractivity contribution in [3.63, 3.8) is 0 Å². The average Bonchev–Trinajstić information content (AvgIpc) is 2.63. The van der Waals surface area contributed by atoms with Gasteiger partial charge < -0.3 is 10.1 Å². The van der Waals surface area contributed by atoms with Gasteiger partial charge in [0.2, 0.25) is 0 Å². The third-order valence-corrected chi connectivity index (χ3v) is 4.23. The summed E-state index contributed by atoms with van der Waals surface area (Å²) in [5.41, 5.74) is -0.932. The molecule has 1 fully saturated rings. The maximum Gasteiger partial charge on any atom is 0.433 e. The normalized spacial score (nSPS) is 18.5. The minimum Gasteiger partial charge on any atom is -0.492 e. The number of nitrogens with one attached hydrogen (secondary N) is 1. The van der Waals surface area contributed by atoms with Crippen molar-refractivity contribution in [1.82, 2.24) is 14.9 Å². The van der Waals surface area contributed by atoms with E-state index in [1.807, 2.05) is 30.3 Å². The fraction of sp³-hybridized carbons (Fsp3) is 0.444. The van der Waals surface area contributed by atoms with E-state index in [2.05, 4.69) is 20.2 Å². The number of hydrogen-bond donors (Lipinski definition) is 1. The Hall–Kier alpha value is -2.35. The number of benzene rings is 1. The Balaban J connectivity index is 1.49. The van der Waals surface area contributed by atoms with Crippen LogP contribution >= 0.6 is 0 Å². The van der Waals surface area contributed by atoms with Crippen molar-refractivity contribution in [3.8, 4) is 5.75 Å². The summed E-state index contributed by atoms with van der Waals surface area (Å²) in [5, 5.41) is 3.10. The van der Waals surface area contributed by atoms with Crippen molar-refractivity contribution in [2.24, 2.45) is 0 Å². The van der Waals surface area contributed by atoms with E-state index in [-0.39, 0.29) is 11.9 Å². The lowest BCUT2D eigenvalue weighted by Crippen LogP contribution is -2.43. The van der Waals surface area contributed by atoms with Gasteiger partial charge in [0.25, 0.3) is 0 Å². The van der Waals surface area contributed by atoms with E-state index in [0.29, 0.717) is 6.61 Å². The first-order valence-electron chi connectivity index (χ1n) is 8.57. The van der Waals surface area contributed by atoms with Crippen molar-refractivity contribution in [3.05, 3.63) is 48.4 Å². The molecule has 1 atom stereocenters. The van der Waals surface area contributed by atoms with Gasteiger partial charge >= 0.3 is 6.18 Å². The summed E-state index contributed by atoms with van der Waals surface area (Å²) in [6.45, 7) is 3.03. The summed E-state index contributed by atoms with van der Waals surface area (Å²) in [5.74, 6) is 1.04. The molecule has 1 unspecified atom stereocenters. The highest BCUT2D eigenvalue weighted by Gasteiger charge is 2.33. The number of halogens is 3. The molecule has 0 radical (unpaired) electrons. The molecule has 0 spiro atoms. The molecule has 2 aromatic rings. The Bertz CT molecular complexity index is 696. The molecule has 0 aliphatic carbocycles. The SMILES string of the molecule is FC(F)(F)c1cc(NC2CCCN(CCOc3ccccc3)C2)ncn1. The van der Waals surface area contributed by atoms with Gasteiger partial charge in [-0.15, -0.1) is 0 Å². The maximum atomic E-state index is 12.7. The lowest BCUT2D eigenvalue weighted by atomic mass is 10.1. The van der Waals surface area contributed by atoms with Gasteiger partial charge in [-0.1, -0.05) is 18.2 Å². The molecule has 0 bridgehead atoms. The maximum absolute atomic E-state index is 12.7. The number of alkyl halides is 3. The zero-order valence-corrected chi connectivity index (χ0v) is 14.2. The summed E-state index contributed by atoms with van der Waals surface area (Å²) in [6, 6.07) is 10.6. The largest absolute Gasteiger partial charge is 0.492 e. The molecule has 0 amide bonds. The average molecular weight is 366 g/mol. The lowest BCUT2D eigenvalue weighted by molar-refractivity contribution is -0.141. The van der Waals surface area contributed by atoms with Gasteiger partial charge in [-0.2, -0.15) is 13.2 Å². The Kier molecular flexibility index (Phi) is 5.92. The highest BCUT2D eigenvalue weighted by molar-refractivity contribution is 5.37. The molecule has 0 saturated carbocycles. The second kappa shape index (κ2) is 8.35. The molecule has 3 rings (SSSR count). The van der Waals surface area contributed by atoms with Gasteiger partial charge in [-0.3, -0.25) is 4.90 Å². The minimum atomic E-state index is -4.47. The molecule has 140 valence electrons. The van der Waals surface area contributed by atoms with E-state index in [0.717, 1.165) is 50.6 Å². The molecule has 1 aliphatic heterocycles. The summed E-state index contributed by atoms with van der Waals surface area (Å²) in [4.78, 5) is 9.44. The summed E-state index contributed by atoms with van der Waals surface area (Å²) in [6.07, 6.45) is -1.66. The predicted molar refractivity (Wildman–Crippen MR) is 92.1 cm³/mol. The van der Waals surface area contributed by atoms with E-state index in [1.54, 1.807) is 0 Å². The van der Waals surface area contributed by atoms with Crippen LogP contribution in [-0.4, -0.2) is 47.2 Å². The number of para-hydroxylation sites is 1. The second-order valence-corrected chi connectivity index (χ2v) is 6.23. The fourth-order valence-electron chi connectivity index (χ4n) is 2.99. The van der Waals surface area contributed by atoms with Crippen LogP contribution in [0.25, 0.3) is 0 Å². The number of ether oxygens (including phenoxy) is 1. The first kappa shape index (κ1) is 18.4. The fourth-order valence-corrected chi connectivity index (χ4v) is 2.99. The Morgan fingerprint density at radius 3 is 2.77 bits per heavy atom. The van der Waals surface area contributed by atoms with Crippen LogP contribution in [-0.2, 0) is 6.18 Å². The van der Waals surface area contributed by atoms with E-state index < -0.39 is 11.9 Å². The van der Waals surface area contributed by atoms with Gasteiger partial charge in [0.05, 0.1) is 0 Å². The first-order valence-corrected chi connectivity index (χ1v) is 8.57. The van der Waals surface area contributed by atoms with Crippen LogP contribution in [0, 0.1) is 0 Å². The number of aromatic nitrogens is 2. The van der Waals surface area contributed by atoms with Gasteiger partial charge in [-0.05, 0) is 31.5 Å². The van der Waals surface area contributed by atoms with Crippen molar-refractivity contribution in [2.45, 2.75) is 25.1 Å². The smallest absolute Gasteiger partial charge is 0.433 e. The lowest BCUT2D eigenvalue weighted by Gasteiger charge is -2.33. The molecule has 1 aliphatic rings. The Morgan fingerprint density at radius 2 is 2.00 bits per heavy atom. The van der Waals surface area contributed by atoms with Crippen LogP contribution in [0.1, 0.15) is 18.5 Å². The Morgan fingerprint density at radius 1 is 1.19 bits per heavy atom. The molecular formula is C18H21F3N4O. The standard InChI is InChI=1S/C18H21F3N4O/c19-18(20,21)16-11-17(23-13-22-16)24-14-5-4-8-25(12-14)9-10-26-15-6-2-1-3-7-15/h1-3,6-7,11,13-14H,4-5,8-10,12H2,(H,22,23,24).